The Bertz CT molecular complexity index is 532. The fourth-order valence-electron chi connectivity index (χ4n) is 1.97. The number of rotatable bonds is 7. The molecule has 0 bridgehead atoms. The molecule has 0 amide bonds. The van der Waals surface area contributed by atoms with Crippen LogP contribution < -0.4 is 10.1 Å². The first-order valence-electron chi connectivity index (χ1n) is 7.34. The van der Waals surface area contributed by atoms with Gasteiger partial charge in [-0.25, -0.2) is 0 Å². The Kier molecular flexibility index (Phi) is 5.64. The molecule has 0 aliphatic carbocycles. The second-order valence-corrected chi connectivity index (χ2v) is 5.62. The summed E-state index contributed by atoms with van der Waals surface area (Å²) in [6.45, 7) is 6.82. The van der Waals surface area contributed by atoms with Crippen LogP contribution in [0.5, 0.6) is 11.5 Å². The van der Waals surface area contributed by atoms with Crippen molar-refractivity contribution in [2.24, 2.45) is 5.92 Å². The van der Waals surface area contributed by atoms with E-state index in [-0.39, 0.29) is 5.75 Å². The van der Waals surface area contributed by atoms with Crippen LogP contribution in [0.4, 0.5) is 0 Å². The topological polar surface area (TPSA) is 41.5 Å². The molecule has 0 atom stereocenters. The highest BCUT2D eigenvalue weighted by atomic mass is 16.5. The number of aromatic hydroxyl groups is 1. The minimum atomic E-state index is 0.275. The third kappa shape index (κ3) is 5.48. The average Bonchev–Trinajstić information content (AvgIpc) is 2.48. The molecule has 0 aliphatic heterocycles. The van der Waals surface area contributed by atoms with E-state index >= 15 is 0 Å². The predicted octanol–water partition coefficient (Wildman–Crippen LogP) is 3.72. The van der Waals surface area contributed by atoms with E-state index in [1.807, 2.05) is 24.3 Å². The molecular weight excluding hydrogens is 262 g/mol. The highest BCUT2D eigenvalue weighted by Crippen LogP contribution is 2.15. The van der Waals surface area contributed by atoms with Crippen LogP contribution in [-0.2, 0) is 13.2 Å². The molecule has 0 saturated heterocycles. The molecule has 2 aromatic carbocycles. The van der Waals surface area contributed by atoms with E-state index in [2.05, 4.69) is 31.3 Å². The van der Waals surface area contributed by atoms with Crippen LogP contribution in [0.15, 0.2) is 48.5 Å². The maximum absolute atomic E-state index is 9.23. The molecule has 0 aliphatic rings. The maximum Gasteiger partial charge on any atom is 0.119 e. The molecular formula is C18H23NO2. The lowest BCUT2D eigenvalue weighted by Gasteiger charge is -2.09. The second kappa shape index (κ2) is 7.70. The Morgan fingerprint density at radius 3 is 2.19 bits per heavy atom. The van der Waals surface area contributed by atoms with E-state index in [0.29, 0.717) is 12.5 Å². The lowest BCUT2D eigenvalue weighted by molar-refractivity contribution is 0.306. The second-order valence-electron chi connectivity index (χ2n) is 5.62. The van der Waals surface area contributed by atoms with Gasteiger partial charge in [0.15, 0.2) is 0 Å². The fraction of sp³-hybridized carbons (Fsp3) is 0.333. The molecule has 2 aromatic rings. The largest absolute Gasteiger partial charge is 0.508 e. The van der Waals surface area contributed by atoms with Gasteiger partial charge in [0.2, 0.25) is 0 Å². The SMILES string of the molecule is CC(C)CNCc1ccc(OCc2ccc(O)cc2)cc1. The summed E-state index contributed by atoms with van der Waals surface area (Å²) in [7, 11) is 0. The summed E-state index contributed by atoms with van der Waals surface area (Å²) in [5, 5.41) is 12.6. The fourth-order valence-corrected chi connectivity index (χ4v) is 1.97. The summed E-state index contributed by atoms with van der Waals surface area (Å²) < 4.78 is 5.73. The van der Waals surface area contributed by atoms with Gasteiger partial charge in [-0.1, -0.05) is 38.1 Å². The van der Waals surface area contributed by atoms with Crippen molar-refractivity contribution in [3.05, 3.63) is 59.7 Å². The van der Waals surface area contributed by atoms with Gasteiger partial charge >= 0.3 is 0 Å². The van der Waals surface area contributed by atoms with Gasteiger partial charge in [0, 0.05) is 6.54 Å². The van der Waals surface area contributed by atoms with Gasteiger partial charge in [-0.05, 0) is 47.9 Å². The Morgan fingerprint density at radius 2 is 1.57 bits per heavy atom. The van der Waals surface area contributed by atoms with E-state index in [1.54, 1.807) is 12.1 Å². The van der Waals surface area contributed by atoms with Gasteiger partial charge in [-0.15, -0.1) is 0 Å². The summed E-state index contributed by atoms with van der Waals surface area (Å²) in [5.41, 5.74) is 2.29. The van der Waals surface area contributed by atoms with Gasteiger partial charge in [-0.2, -0.15) is 0 Å². The van der Waals surface area contributed by atoms with Gasteiger partial charge < -0.3 is 15.2 Å². The summed E-state index contributed by atoms with van der Waals surface area (Å²) in [6.07, 6.45) is 0. The number of phenols is 1. The number of hydrogen-bond donors (Lipinski definition) is 2. The summed E-state index contributed by atoms with van der Waals surface area (Å²) >= 11 is 0. The zero-order chi connectivity index (χ0) is 15.1. The molecule has 0 heterocycles. The van der Waals surface area contributed by atoms with E-state index < -0.39 is 0 Å². The Balaban J connectivity index is 1.80. The molecule has 3 heteroatoms. The maximum atomic E-state index is 9.23. The van der Waals surface area contributed by atoms with Crippen molar-refractivity contribution in [3.8, 4) is 11.5 Å². The van der Waals surface area contributed by atoms with Crippen molar-refractivity contribution < 1.29 is 9.84 Å². The first kappa shape index (κ1) is 15.4. The van der Waals surface area contributed by atoms with E-state index in [4.69, 9.17) is 4.74 Å². The van der Waals surface area contributed by atoms with E-state index in [1.165, 1.54) is 5.56 Å². The quantitative estimate of drug-likeness (QED) is 0.814. The first-order valence-corrected chi connectivity index (χ1v) is 7.34. The lowest BCUT2D eigenvalue weighted by Crippen LogP contribution is -2.18. The average molecular weight is 285 g/mol. The van der Waals surface area contributed by atoms with Crippen molar-refractivity contribution >= 4 is 0 Å². The number of hydrogen-bond acceptors (Lipinski definition) is 3. The van der Waals surface area contributed by atoms with Gasteiger partial charge in [-0.3, -0.25) is 0 Å². The monoisotopic (exact) mass is 285 g/mol. The molecule has 0 saturated carbocycles. The first-order chi connectivity index (χ1) is 10.1. The molecule has 0 fully saturated rings. The van der Waals surface area contributed by atoms with Crippen LogP contribution in [0, 0.1) is 5.92 Å². The third-order valence-electron chi connectivity index (χ3n) is 3.15. The van der Waals surface area contributed by atoms with Crippen LogP contribution in [0.1, 0.15) is 25.0 Å². The Hall–Kier alpha value is -2.00. The minimum Gasteiger partial charge on any atom is -0.508 e. The molecule has 3 nitrogen and oxygen atoms in total. The number of ether oxygens (including phenoxy) is 1. The van der Waals surface area contributed by atoms with E-state index in [0.717, 1.165) is 24.4 Å². The zero-order valence-electron chi connectivity index (χ0n) is 12.7. The molecule has 0 aromatic heterocycles. The van der Waals surface area contributed by atoms with Crippen LogP contribution >= 0.6 is 0 Å². The molecule has 0 spiro atoms. The van der Waals surface area contributed by atoms with Gasteiger partial charge in [0.25, 0.3) is 0 Å². The lowest BCUT2D eigenvalue weighted by atomic mass is 10.2. The Morgan fingerprint density at radius 1 is 0.952 bits per heavy atom. The standard InChI is InChI=1S/C18H23NO2/c1-14(2)11-19-12-15-5-9-18(10-6-15)21-13-16-3-7-17(20)8-4-16/h3-10,14,19-20H,11-13H2,1-2H3. The van der Waals surface area contributed by atoms with Crippen LogP contribution in [-0.4, -0.2) is 11.7 Å². The van der Waals surface area contributed by atoms with Crippen molar-refractivity contribution in [2.45, 2.75) is 27.0 Å². The van der Waals surface area contributed by atoms with Crippen LogP contribution in [0.25, 0.3) is 0 Å². The number of phenolic OH excluding ortho intramolecular Hbond substituents is 1. The van der Waals surface area contributed by atoms with E-state index in [9.17, 15) is 5.11 Å². The molecule has 2 N–H and O–H groups in total. The highest BCUT2D eigenvalue weighted by Gasteiger charge is 1.99. The van der Waals surface area contributed by atoms with Crippen molar-refractivity contribution in [1.29, 1.82) is 0 Å². The normalized spacial score (nSPS) is 10.8. The molecule has 0 unspecified atom stereocenters. The molecule has 2 rings (SSSR count). The smallest absolute Gasteiger partial charge is 0.119 e. The number of benzene rings is 2. The molecule has 112 valence electrons. The Labute approximate surface area is 126 Å². The van der Waals surface area contributed by atoms with Crippen LogP contribution in [0.2, 0.25) is 0 Å². The van der Waals surface area contributed by atoms with Crippen molar-refractivity contribution in [2.75, 3.05) is 6.54 Å². The molecule has 0 radical (unpaired) electrons. The van der Waals surface area contributed by atoms with Gasteiger partial charge in [0.05, 0.1) is 0 Å². The van der Waals surface area contributed by atoms with Gasteiger partial charge in [0.1, 0.15) is 18.1 Å². The molecule has 21 heavy (non-hydrogen) atoms. The number of nitrogens with one attached hydrogen (secondary N) is 1. The predicted molar refractivity (Wildman–Crippen MR) is 85.4 cm³/mol. The minimum absolute atomic E-state index is 0.275. The summed E-state index contributed by atoms with van der Waals surface area (Å²) in [6, 6.07) is 15.2. The summed E-state index contributed by atoms with van der Waals surface area (Å²) in [4.78, 5) is 0. The summed E-state index contributed by atoms with van der Waals surface area (Å²) in [5.74, 6) is 1.80. The zero-order valence-corrected chi connectivity index (χ0v) is 12.7. The van der Waals surface area contributed by atoms with Crippen molar-refractivity contribution in [3.63, 3.8) is 0 Å². The van der Waals surface area contributed by atoms with Crippen molar-refractivity contribution in [1.82, 2.24) is 5.32 Å². The van der Waals surface area contributed by atoms with Crippen LogP contribution in [0.3, 0.4) is 0 Å². The highest BCUT2D eigenvalue weighted by molar-refractivity contribution is 5.29. The third-order valence-corrected chi connectivity index (χ3v) is 3.15.